The molecule has 3 aromatic heterocycles. The molecule has 0 spiro atoms. The highest BCUT2D eigenvalue weighted by Gasteiger charge is 2.21. The topological polar surface area (TPSA) is 90.5 Å². The van der Waals surface area contributed by atoms with E-state index in [1.165, 1.54) is 17.1 Å². The van der Waals surface area contributed by atoms with Gasteiger partial charge in [0.1, 0.15) is 29.3 Å². The largest absolute Gasteiger partial charge is 0.306 e. The molecule has 11 heteroatoms. The summed E-state index contributed by atoms with van der Waals surface area (Å²) in [5.74, 6) is -2.39. The van der Waals surface area contributed by atoms with Crippen molar-refractivity contribution in [3.8, 4) is 11.5 Å². The third-order valence-corrected chi connectivity index (χ3v) is 5.10. The Morgan fingerprint density at radius 3 is 2.55 bits per heavy atom. The molecule has 0 unspecified atom stereocenters. The van der Waals surface area contributed by atoms with Gasteiger partial charge in [-0.2, -0.15) is 14.9 Å². The Labute approximate surface area is 190 Å². The van der Waals surface area contributed by atoms with E-state index in [4.69, 9.17) is 11.6 Å². The van der Waals surface area contributed by atoms with E-state index in [1.807, 2.05) is 6.07 Å². The number of carbonyl (C=O) groups is 1. The first-order valence-electron chi connectivity index (χ1n) is 9.69. The molecule has 0 saturated heterocycles. The highest BCUT2D eigenvalue weighted by atomic mass is 35.5. The quantitative estimate of drug-likeness (QED) is 0.422. The summed E-state index contributed by atoms with van der Waals surface area (Å²) in [5, 5.41) is 12.4. The Kier molecular flexibility index (Phi) is 5.06. The van der Waals surface area contributed by atoms with E-state index in [0.29, 0.717) is 33.3 Å². The molecule has 0 fully saturated rings. The Bertz CT molecular complexity index is 1510. The minimum atomic E-state index is -0.970. The zero-order valence-corrected chi connectivity index (χ0v) is 17.8. The van der Waals surface area contributed by atoms with Crippen molar-refractivity contribution in [3.05, 3.63) is 89.0 Å². The second-order valence-corrected chi connectivity index (χ2v) is 7.54. The van der Waals surface area contributed by atoms with Crippen LogP contribution in [0.2, 0.25) is 5.02 Å². The van der Waals surface area contributed by atoms with Crippen molar-refractivity contribution in [1.82, 2.24) is 29.5 Å². The number of hydrogen-bond donors (Lipinski definition) is 1. The summed E-state index contributed by atoms with van der Waals surface area (Å²) in [6.45, 7) is 1.71. The van der Waals surface area contributed by atoms with E-state index >= 15 is 0 Å². The molecule has 0 aliphatic rings. The minimum Gasteiger partial charge on any atom is -0.306 e. The van der Waals surface area contributed by atoms with Gasteiger partial charge in [-0.25, -0.2) is 23.4 Å². The molecule has 3 heterocycles. The average Bonchev–Trinajstić information content (AvgIpc) is 3.37. The van der Waals surface area contributed by atoms with Crippen LogP contribution in [0.4, 0.5) is 14.6 Å². The van der Waals surface area contributed by atoms with Crippen LogP contribution in [0, 0.1) is 18.6 Å². The Morgan fingerprint density at radius 1 is 1.03 bits per heavy atom. The van der Waals surface area contributed by atoms with Gasteiger partial charge in [0.2, 0.25) is 0 Å². The number of nitrogens with zero attached hydrogens (tertiary/aromatic N) is 6. The molecule has 0 aliphatic carbocycles. The van der Waals surface area contributed by atoms with Crippen LogP contribution in [0.3, 0.4) is 0 Å². The number of benzene rings is 2. The zero-order valence-electron chi connectivity index (χ0n) is 17.0. The molecule has 8 nitrogen and oxygen atoms in total. The number of nitrogens with one attached hydrogen (secondary N) is 1. The van der Waals surface area contributed by atoms with Crippen molar-refractivity contribution in [2.24, 2.45) is 0 Å². The lowest BCUT2D eigenvalue weighted by atomic mass is 10.2. The third kappa shape index (κ3) is 3.70. The summed E-state index contributed by atoms with van der Waals surface area (Å²) < 4.78 is 31.1. The molecule has 0 saturated carbocycles. The Hall–Kier alpha value is -4.18. The number of carbonyl (C=O) groups excluding carboxylic acids is 1. The van der Waals surface area contributed by atoms with Gasteiger partial charge in [-0.1, -0.05) is 23.7 Å². The number of anilines is 1. The van der Waals surface area contributed by atoms with E-state index in [1.54, 1.807) is 42.1 Å². The van der Waals surface area contributed by atoms with Gasteiger partial charge in [0.25, 0.3) is 5.91 Å². The Morgan fingerprint density at radius 2 is 1.79 bits per heavy atom. The first-order valence-corrected chi connectivity index (χ1v) is 10.1. The van der Waals surface area contributed by atoms with Crippen LogP contribution in [-0.4, -0.2) is 35.4 Å². The minimum absolute atomic E-state index is 0.177. The second-order valence-electron chi connectivity index (χ2n) is 7.10. The highest BCUT2D eigenvalue weighted by Crippen LogP contribution is 2.25. The maximum atomic E-state index is 14.1. The van der Waals surface area contributed by atoms with Gasteiger partial charge in [0.15, 0.2) is 11.5 Å². The van der Waals surface area contributed by atoms with Crippen molar-refractivity contribution >= 4 is 34.4 Å². The van der Waals surface area contributed by atoms with Crippen molar-refractivity contribution in [1.29, 1.82) is 0 Å². The summed E-state index contributed by atoms with van der Waals surface area (Å²) in [6.07, 6.45) is 2.89. The van der Waals surface area contributed by atoms with Crippen LogP contribution in [0.25, 0.3) is 22.5 Å². The second kappa shape index (κ2) is 8.06. The maximum absolute atomic E-state index is 14.1. The lowest BCUT2D eigenvalue weighted by molar-refractivity contribution is 0.101. The van der Waals surface area contributed by atoms with Gasteiger partial charge in [-0.05, 0) is 37.3 Å². The molecular formula is C22H14ClF2N7O. The van der Waals surface area contributed by atoms with Crippen molar-refractivity contribution in [2.45, 2.75) is 6.92 Å². The lowest BCUT2D eigenvalue weighted by Gasteiger charge is -2.10. The number of rotatable bonds is 4. The van der Waals surface area contributed by atoms with E-state index in [2.05, 4.69) is 25.5 Å². The van der Waals surface area contributed by atoms with E-state index in [-0.39, 0.29) is 5.82 Å². The van der Waals surface area contributed by atoms with Gasteiger partial charge < -0.3 is 5.32 Å². The van der Waals surface area contributed by atoms with Crippen LogP contribution >= 0.6 is 11.6 Å². The summed E-state index contributed by atoms with van der Waals surface area (Å²) in [5.41, 5.74) is 1.04. The average molecular weight is 466 g/mol. The number of amides is 1. The zero-order chi connectivity index (χ0) is 23.1. The monoisotopic (exact) mass is 465 g/mol. The van der Waals surface area contributed by atoms with Crippen molar-refractivity contribution < 1.29 is 13.6 Å². The number of aryl methyl sites for hydroxylation is 1. The molecule has 2 aromatic carbocycles. The fourth-order valence-corrected chi connectivity index (χ4v) is 3.63. The van der Waals surface area contributed by atoms with Gasteiger partial charge >= 0.3 is 0 Å². The van der Waals surface area contributed by atoms with Crippen LogP contribution in [0.1, 0.15) is 16.1 Å². The van der Waals surface area contributed by atoms with Crippen molar-refractivity contribution in [2.75, 3.05) is 5.32 Å². The van der Waals surface area contributed by atoms with Crippen LogP contribution in [0.5, 0.6) is 0 Å². The molecule has 0 radical (unpaired) electrons. The highest BCUT2D eigenvalue weighted by molar-refractivity contribution is 6.30. The predicted octanol–water partition coefficient (Wildman–Crippen LogP) is 4.49. The molecule has 0 aliphatic heterocycles. The normalized spacial score (nSPS) is 11.2. The van der Waals surface area contributed by atoms with Crippen LogP contribution in [-0.2, 0) is 0 Å². The predicted molar refractivity (Wildman–Crippen MR) is 118 cm³/mol. The molecular weight excluding hydrogens is 452 g/mol. The molecule has 5 rings (SSSR count). The number of fused-ring (bicyclic) bond motifs is 1. The fraction of sp³-hybridized carbons (Fsp3) is 0.0455. The van der Waals surface area contributed by atoms with Gasteiger partial charge in [0, 0.05) is 11.1 Å². The molecule has 0 bridgehead atoms. The number of aromatic nitrogens is 6. The van der Waals surface area contributed by atoms with Crippen LogP contribution in [0.15, 0.2) is 61.1 Å². The first-order chi connectivity index (χ1) is 15.9. The van der Waals surface area contributed by atoms with E-state index in [0.717, 1.165) is 12.1 Å². The van der Waals surface area contributed by atoms with E-state index < -0.39 is 23.1 Å². The summed E-state index contributed by atoms with van der Waals surface area (Å²) in [7, 11) is 0. The first kappa shape index (κ1) is 20.7. The Balaban J connectivity index is 1.59. The van der Waals surface area contributed by atoms with Crippen molar-refractivity contribution in [3.63, 3.8) is 0 Å². The number of halogens is 3. The molecule has 0 atom stereocenters. The maximum Gasteiger partial charge on any atom is 0.262 e. The summed E-state index contributed by atoms with van der Waals surface area (Å²) in [4.78, 5) is 21.3. The molecule has 1 N–H and O–H groups in total. The molecule has 33 heavy (non-hydrogen) atoms. The molecule has 1 amide bonds. The molecule has 5 aromatic rings. The SMILES string of the molecule is Cc1cc(NC(=O)c2c(F)cccc2F)n(-c2ncnc3c2cnn3-c2cccc(Cl)c2)n1. The lowest BCUT2D eigenvalue weighted by Crippen LogP contribution is -2.18. The third-order valence-electron chi connectivity index (χ3n) is 4.86. The van der Waals surface area contributed by atoms with E-state index in [9.17, 15) is 13.6 Å². The summed E-state index contributed by atoms with van der Waals surface area (Å²) in [6, 6.07) is 11.9. The van der Waals surface area contributed by atoms with Gasteiger partial charge in [-0.3, -0.25) is 4.79 Å². The fourth-order valence-electron chi connectivity index (χ4n) is 3.44. The summed E-state index contributed by atoms with van der Waals surface area (Å²) >= 11 is 6.10. The smallest absolute Gasteiger partial charge is 0.262 e. The standard InChI is InChI=1S/C22H14ClF2N7O/c1-12-8-18(29-22(33)19-16(24)6-3-7-17(19)25)32(30-12)21-15-10-28-31(20(15)26-11-27-21)14-5-2-4-13(23)9-14/h2-11H,1H3,(H,29,33). The van der Waals surface area contributed by atoms with Crippen LogP contribution < -0.4 is 5.32 Å². The van der Waals surface area contributed by atoms with Gasteiger partial charge in [-0.15, -0.1) is 0 Å². The number of hydrogen-bond acceptors (Lipinski definition) is 5. The van der Waals surface area contributed by atoms with Gasteiger partial charge in [0.05, 0.1) is 23.0 Å². The molecule has 164 valence electrons.